The van der Waals surface area contributed by atoms with Gasteiger partial charge >= 0.3 is 0 Å². The largest absolute Gasteiger partial charge is 0.383 e. The standard InChI is InChI=1S/C12H12ClFN4O2/c1-20-3-2-18-7-9(6-16-18)17-12(19)10-4-8(14)5-15-11(10)13/h4-7H,2-3H2,1H3,(H,17,19). The SMILES string of the molecule is COCCn1cc(NC(=O)c2cc(F)cnc2Cl)cn1. The fourth-order valence-corrected chi connectivity index (χ4v) is 1.70. The molecule has 1 N–H and O–H groups in total. The number of nitrogens with zero attached hydrogens (tertiary/aromatic N) is 3. The number of halogens is 2. The molecule has 8 heteroatoms. The van der Waals surface area contributed by atoms with Crippen LogP contribution in [0.3, 0.4) is 0 Å². The van der Waals surface area contributed by atoms with Crippen LogP contribution in [0.2, 0.25) is 5.15 Å². The summed E-state index contributed by atoms with van der Waals surface area (Å²) in [5.41, 5.74) is 0.447. The number of anilines is 1. The molecule has 2 aromatic heterocycles. The molecular weight excluding hydrogens is 287 g/mol. The predicted molar refractivity (Wildman–Crippen MR) is 71.3 cm³/mol. The molecule has 0 fully saturated rings. The van der Waals surface area contributed by atoms with Crippen LogP contribution in [0, 0.1) is 5.82 Å². The van der Waals surface area contributed by atoms with E-state index in [4.69, 9.17) is 16.3 Å². The molecule has 20 heavy (non-hydrogen) atoms. The highest BCUT2D eigenvalue weighted by molar-refractivity contribution is 6.33. The van der Waals surface area contributed by atoms with Crippen LogP contribution in [0.4, 0.5) is 10.1 Å². The summed E-state index contributed by atoms with van der Waals surface area (Å²) in [6, 6.07) is 1.03. The van der Waals surface area contributed by atoms with Crippen LogP contribution in [0.15, 0.2) is 24.7 Å². The Morgan fingerprint density at radius 1 is 1.55 bits per heavy atom. The van der Waals surface area contributed by atoms with Gasteiger partial charge in [-0.2, -0.15) is 5.10 Å². The Hall–Kier alpha value is -1.99. The van der Waals surface area contributed by atoms with Gasteiger partial charge in [-0.25, -0.2) is 9.37 Å². The van der Waals surface area contributed by atoms with Crippen LogP contribution in [-0.2, 0) is 11.3 Å². The summed E-state index contributed by atoms with van der Waals surface area (Å²) in [5, 5.41) is 6.55. The van der Waals surface area contributed by atoms with Gasteiger partial charge < -0.3 is 10.1 Å². The van der Waals surface area contributed by atoms with Crippen LogP contribution in [-0.4, -0.2) is 34.4 Å². The Morgan fingerprint density at radius 2 is 2.35 bits per heavy atom. The Kier molecular flexibility index (Phi) is 4.65. The third-order valence-electron chi connectivity index (χ3n) is 2.47. The number of hydrogen-bond donors (Lipinski definition) is 1. The molecule has 0 saturated carbocycles. The topological polar surface area (TPSA) is 69.0 Å². The zero-order valence-electron chi connectivity index (χ0n) is 10.6. The van der Waals surface area contributed by atoms with Crippen molar-refractivity contribution in [1.82, 2.24) is 14.8 Å². The van der Waals surface area contributed by atoms with E-state index in [1.807, 2.05) is 0 Å². The molecular formula is C12H12ClFN4O2. The van der Waals surface area contributed by atoms with Crippen LogP contribution < -0.4 is 5.32 Å². The second-order valence-electron chi connectivity index (χ2n) is 3.93. The number of pyridine rings is 1. The Morgan fingerprint density at radius 3 is 3.10 bits per heavy atom. The van der Waals surface area contributed by atoms with Gasteiger partial charge in [0, 0.05) is 13.3 Å². The number of aromatic nitrogens is 3. The second kappa shape index (κ2) is 6.44. The minimum Gasteiger partial charge on any atom is -0.383 e. The summed E-state index contributed by atoms with van der Waals surface area (Å²) in [4.78, 5) is 15.5. The maximum absolute atomic E-state index is 13.1. The van der Waals surface area contributed by atoms with Crippen molar-refractivity contribution in [3.05, 3.63) is 41.2 Å². The van der Waals surface area contributed by atoms with E-state index in [0.29, 0.717) is 18.8 Å². The summed E-state index contributed by atoms with van der Waals surface area (Å²) in [6.45, 7) is 1.07. The summed E-state index contributed by atoms with van der Waals surface area (Å²) >= 11 is 5.76. The summed E-state index contributed by atoms with van der Waals surface area (Å²) in [6.07, 6.45) is 4.06. The molecule has 6 nitrogen and oxygen atoms in total. The third kappa shape index (κ3) is 3.52. The zero-order valence-corrected chi connectivity index (χ0v) is 11.4. The van der Waals surface area contributed by atoms with E-state index in [1.54, 1.807) is 18.0 Å². The number of hydrogen-bond acceptors (Lipinski definition) is 4. The molecule has 0 unspecified atom stereocenters. The number of rotatable bonds is 5. The van der Waals surface area contributed by atoms with Gasteiger partial charge in [-0.05, 0) is 6.07 Å². The average Bonchev–Trinajstić information content (AvgIpc) is 2.86. The lowest BCUT2D eigenvalue weighted by Gasteiger charge is -2.04. The highest BCUT2D eigenvalue weighted by atomic mass is 35.5. The first-order valence-electron chi connectivity index (χ1n) is 5.74. The van der Waals surface area contributed by atoms with E-state index >= 15 is 0 Å². The van der Waals surface area contributed by atoms with Gasteiger partial charge in [-0.3, -0.25) is 9.48 Å². The van der Waals surface area contributed by atoms with Gasteiger partial charge in [0.05, 0.1) is 36.8 Å². The van der Waals surface area contributed by atoms with E-state index in [9.17, 15) is 9.18 Å². The van der Waals surface area contributed by atoms with Crippen molar-refractivity contribution < 1.29 is 13.9 Å². The van der Waals surface area contributed by atoms with Crippen LogP contribution >= 0.6 is 11.6 Å². The number of ether oxygens (including phenoxy) is 1. The third-order valence-corrected chi connectivity index (χ3v) is 2.77. The lowest BCUT2D eigenvalue weighted by molar-refractivity contribution is 0.102. The van der Waals surface area contributed by atoms with Crippen molar-refractivity contribution in [2.75, 3.05) is 19.0 Å². The van der Waals surface area contributed by atoms with Crippen LogP contribution in [0.1, 0.15) is 10.4 Å². The predicted octanol–water partition coefficient (Wildman–Crippen LogP) is 1.97. The smallest absolute Gasteiger partial charge is 0.258 e. The second-order valence-corrected chi connectivity index (χ2v) is 4.29. The molecule has 0 bridgehead atoms. The molecule has 0 aliphatic rings. The van der Waals surface area contributed by atoms with Crippen molar-refractivity contribution in [1.29, 1.82) is 0 Å². The molecule has 2 rings (SSSR count). The van der Waals surface area contributed by atoms with E-state index < -0.39 is 11.7 Å². The van der Waals surface area contributed by atoms with Gasteiger partial charge in [0.25, 0.3) is 5.91 Å². The molecule has 0 aliphatic heterocycles. The fraction of sp³-hybridized carbons (Fsp3) is 0.250. The van der Waals surface area contributed by atoms with Gasteiger partial charge in [0.2, 0.25) is 0 Å². The molecule has 0 saturated heterocycles. The maximum Gasteiger partial charge on any atom is 0.258 e. The van der Waals surface area contributed by atoms with E-state index in [2.05, 4.69) is 15.4 Å². The van der Waals surface area contributed by atoms with E-state index in [1.165, 1.54) is 6.20 Å². The minimum atomic E-state index is -0.629. The molecule has 0 atom stereocenters. The van der Waals surface area contributed by atoms with Crippen molar-refractivity contribution >= 4 is 23.2 Å². The first kappa shape index (κ1) is 14.4. The molecule has 0 aromatic carbocycles. The normalized spacial score (nSPS) is 10.6. The summed E-state index contributed by atoms with van der Waals surface area (Å²) < 4.78 is 19.6. The molecule has 0 spiro atoms. The highest BCUT2D eigenvalue weighted by Gasteiger charge is 2.13. The molecule has 1 amide bonds. The lowest BCUT2D eigenvalue weighted by Crippen LogP contribution is -2.13. The summed E-state index contributed by atoms with van der Waals surface area (Å²) in [5.74, 6) is -1.18. The van der Waals surface area contributed by atoms with Gasteiger partial charge in [-0.1, -0.05) is 11.6 Å². The van der Waals surface area contributed by atoms with Gasteiger partial charge in [0.1, 0.15) is 11.0 Å². The average molecular weight is 299 g/mol. The van der Waals surface area contributed by atoms with Crippen molar-refractivity contribution in [3.8, 4) is 0 Å². The quantitative estimate of drug-likeness (QED) is 0.857. The van der Waals surface area contributed by atoms with Crippen molar-refractivity contribution in [2.24, 2.45) is 0 Å². The number of carbonyl (C=O) groups excluding carboxylic acids is 1. The zero-order chi connectivity index (χ0) is 14.5. The fourth-order valence-electron chi connectivity index (χ4n) is 1.52. The first-order valence-corrected chi connectivity index (χ1v) is 6.11. The number of amides is 1. The monoisotopic (exact) mass is 298 g/mol. The lowest BCUT2D eigenvalue weighted by atomic mass is 10.2. The van der Waals surface area contributed by atoms with Crippen molar-refractivity contribution in [3.63, 3.8) is 0 Å². The van der Waals surface area contributed by atoms with Crippen molar-refractivity contribution in [2.45, 2.75) is 6.54 Å². The van der Waals surface area contributed by atoms with Gasteiger partial charge in [-0.15, -0.1) is 0 Å². The minimum absolute atomic E-state index is 0.0312. The Balaban J connectivity index is 2.07. The number of methoxy groups -OCH3 is 1. The van der Waals surface area contributed by atoms with E-state index in [-0.39, 0.29) is 10.7 Å². The number of carbonyl (C=O) groups is 1. The molecule has 2 aromatic rings. The van der Waals surface area contributed by atoms with E-state index in [0.717, 1.165) is 12.3 Å². The van der Waals surface area contributed by atoms with Gasteiger partial charge in [0.15, 0.2) is 0 Å². The molecule has 0 aliphatic carbocycles. The maximum atomic E-state index is 13.1. The van der Waals surface area contributed by atoms with Crippen LogP contribution in [0.5, 0.6) is 0 Å². The molecule has 2 heterocycles. The first-order chi connectivity index (χ1) is 9.60. The molecule has 106 valence electrons. The van der Waals surface area contributed by atoms with Crippen LogP contribution in [0.25, 0.3) is 0 Å². The number of nitrogens with one attached hydrogen (secondary N) is 1. The summed E-state index contributed by atoms with van der Waals surface area (Å²) in [7, 11) is 1.59. The highest BCUT2D eigenvalue weighted by Crippen LogP contribution is 2.16. The molecule has 0 radical (unpaired) electrons. The Bertz CT molecular complexity index is 617. The Labute approximate surface area is 119 Å².